The molecule has 0 fully saturated rings. The van der Waals surface area contributed by atoms with Gasteiger partial charge in [0, 0.05) is 23.2 Å². The van der Waals surface area contributed by atoms with Gasteiger partial charge in [-0.3, -0.25) is 9.59 Å². The SMILES string of the molecule is CC(CO)NC(=O)c1ccccc1SCC(=O)N1CCc2ccccc21. The fraction of sp³-hybridized carbons (Fsp3) is 0.300. The second-order valence-corrected chi connectivity index (χ2v) is 7.28. The van der Waals surface area contributed by atoms with Crippen molar-refractivity contribution in [2.75, 3.05) is 23.8 Å². The largest absolute Gasteiger partial charge is 0.394 e. The summed E-state index contributed by atoms with van der Waals surface area (Å²) in [5.41, 5.74) is 2.71. The highest BCUT2D eigenvalue weighted by Gasteiger charge is 2.24. The lowest BCUT2D eigenvalue weighted by molar-refractivity contribution is -0.116. The van der Waals surface area contributed by atoms with Crippen LogP contribution in [0.3, 0.4) is 0 Å². The van der Waals surface area contributed by atoms with Crippen LogP contribution in [0.2, 0.25) is 0 Å². The number of aliphatic hydroxyl groups is 1. The van der Waals surface area contributed by atoms with Gasteiger partial charge in [-0.25, -0.2) is 0 Å². The first-order valence-electron chi connectivity index (χ1n) is 8.62. The molecule has 6 heteroatoms. The molecule has 0 saturated heterocycles. The van der Waals surface area contributed by atoms with Gasteiger partial charge in [0.05, 0.1) is 17.9 Å². The Hall–Kier alpha value is -2.31. The number of fused-ring (bicyclic) bond motifs is 1. The highest BCUT2D eigenvalue weighted by molar-refractivity contribution is 8.00. The number of para-hydroxylation sites is 1. The summed E-state index contributed by atoms with van der Waals surface area (Å²) in [5.74, 6) is 0.0706. The second-order valence-electron chi connectivity index (χ2n) is 6.27. The van der Waals surface area contributed by atoms with E-state index in [2.05, 4.69) is 11.4 Å². The maximum absolute atomic E-state index is 12.7. The molecule has 0 spiro atoms. The summed E-state index contributed by atoms with van der Waals surface area (Å²) < 4.78 is 0. The molecule has 2 aromatic carbocycles. The molecular weight excluding hydrogens is 348 g/mol. The molecule has 5 nitrogen and oxygen atoms in total. The summed E-state index contributed by atoms with van der Waals surface area (Å²) in [5, 5.41) is 11.9. The van der Waals surface area contributed by atoms with Gasteiger partial charge in [0.1, 0.15) is 0 Å². The van der Waals surface area contributed by atoms with E-state index in [1.165, 1.54) is 17.3 Å². The molecule has 0 bridgehead atoms. The highest BCUT2D eigenvalue weighted by atomic mass is 32.2. The summed E-state index contributed by atoms with van der Waals surface area (Å²) in [7, 11) is 0. The van der Waals surface area contributed by atoms with Crippen molar-refractivity contribution in [3.05, 3.63) is 59.7 Å². The molecule has 1 aliphatic rings. The minimum atomic E-state index is -0.316. The number of rotatable bonds is 6. The number of aliphatic hydroxyl groups excluding tert-OH is 1. The van der Waals surface area contributed by atoms with E-state index in [1.54, 1.807) is 19.1 Å². The molecule has 3 rings (SSSR count). The first-order valence-corrected chi connectivity index (χ1v) is 9.60. The number of carbonyl (C=O) groups is 2. The summed E-state index contributed by atoms with van der Waals surface area (Å²) in [6.07, 6.45) is 0.880. The standard InChI is InChI=1S/C20H22N2O3S/c1-14(12-23)21-20(25)16-7-3-5-9-18(16)26-13-19(24)22-11-10-15-6-2-4-8-17(15)22/h2-9,14,23H,10-13H2,1H3,(H,21,25). The third-order valence-electron chi connectivity index (χ3n) is 4.32. The van der Waals surface area contributed by atoms with Gasteiger partial charge in [0.15, 0.2) is 0 Å². The van der Waals surface area contributed by atoms with Gasteiger partial charge in [-0.2, -0.15) is 0 Å². The van der Waals surface area contributed by atoms with Gasteiger partial charge < -0.3 is 15.3 Å². The van der Waals surface area contributed by atoms with E-state index in [0.29, 0.717) is 12.1 Å². The van der Waals surface area contributed by atoms with E-state index in [9.17, 15) is 9.59 Å². The van der Waals surface area contributed by atoms with Crippen LogP contribution in [0.5, 0.6) is 0 Å². The van der Waals surface area contributed by atoms with Crippen molar-refractivity contribution >= 4 is 29.3 Å². The minimum absolute atomic E-state index is 0.0406. The Balaban J connectivity index is 1.67. The molecule has 0 saturated carbocycles. The number of hydrogen-bond donors (Lipinski definition) is 2. The Morgan fingerprint density at radius 2 is 1.92 bits per heavy atom. The number of benzene rings is 2. The van der Waals surface area contributed by atoms with Gasteiger partial charge >= 0.3 is 0 Å². The number of carbonyl (C=O) groups excluding carboxylic acids is 2. The zero-order valence-electron chi connectivity index (χ0n) is 14.6. The van der Waals surface area contributed by atoms with Crippen LogP contribution in [-0.4, -0.2) is 41.9 Å². The quantitative estimate of drug-likeness (QED) is 0.767. The fourth-order valence-corrected chi connectivity index (χ4v) is 3.87. The topological polar surface area (TPSA) is 69.6 Å². The van der Waals surface area contributed by atoms with Crippen molar-refractivity contribution in [2.45, 2.75) is 24.3 Å². The Kier molecular flexibility index (Phi) is 5.96. The molecule has 1 aliphatic heterocycles. The van der Waals surface area contributed by atoms with E-state index >= 15 is 0 Å². The lowest BCUT2D eigenvalue weighted by Crippen LogP contribution is -2.35. The van der Waals surface area contributed by atoms with Crippen LogP contribution < -0.4 is 10.2 Å². The number of nitrogens with zero attached hydrogens (tertiary/aromatic N) is 1. The van der Waals surface area contributed by atoms with E-state index < -0.39 is 0 Å². The van der Waals surface area contributed by atoms with Gasteiger partial charge in [-0.15, -0.1) is 11.8 Å². The van der Waals surface area contributed by atoms with Crippen LogP contribution in [0.25, 0.3) is 0 Å². The van der Waals surface area contributed by atoms with Crippen molar-refractivity contribution in [3.63, 3.8) is 0 Å². The van der Waals surface area contributed by atoms with Gasteiger partial charge in [-0.1, -0.05) is 30.3 Å². The predicted octanol–water partition coefficient (Wildman–Crippen LogP) is 2.48. The average Bonchev–Trinajstić information content (AvgIpc) is 3.10. The van der Waals surface area contributed by atoms with E-state index in [0.717, 1.165) is 17.0 Å². The monoisotopic (exact) mass is 370 g/mol. The molecule has 1 unspecified atom stereocenters. The lowest BCUT2D eigenvalue weighted by Gasteiger charge is -2.18. The van der Waals surface area contributed by atoms with Gasteiger partial charge in [-0.05, 0) is 37.1 Å². The second kappa shape index (κ2) is 8.38. The summed E-state index contributed by atoms with van der Waals surface area (Å²) in [6, 6.07) is 14.9. The zero-order valence-corrected chi connectivity index (χ0v) is 15.5. The first kappa shape index (κ1) is 18.5. The van der Waals surface area contributed by atoms with Gasteiger partial charge in [0.2, 0.25) is 5.91 Å². The Bertz CT molecular complexity index is 809. The zero-order chi connectivity index (χ0) is 18.5. The molecule has 2 N–H and O–H groups in total. The molecule has 136 valence electrons. The van der Waals surface area contributed by atoms with Crippen molar-refractivity contribution in [1.82, 2.24) is 5.32 Å². The molecule has 0 aliphatic carbocycles. The minimum Gasteiger partial charge on any atom is -0.394 e. The first-order chi connectivity index (χ1) is 12.6. The Labute approximate surface area is 157 Å². The molecule has 2 aromatic rings. The number of nitrogens with one attached hydrogen (secondary N) is 1. The smallest absolute Gasteiger partial charge is 0.252 e. The van der Waals surface area contributed by atoms with Gasteiger partial charge in [0.25, 0.3) is 5.91 Å². The maximum Gasteiger partial charge on any atom is 0.252 e. The molecule has 0 aromatic heterocycles. The van der Waals surface area contributed by atoms with Crippen molar-refractivity contribution < 1.29 is 14.7 Å². The summed E-state index contributed by atoms with van der Waals surface area (Å²) >= 11 is 1.37. The third kappa shape index (κ3) is 4.08. The van der Waals surface area contributed by atoms with Crippen LogP contribution in [0.1, 0.15) is 22.8 Å². The Morgan fingerprint density at radius 1 is 1.19 bits per heavy atom. The number of anilines is 1. The van der Waals surface area contributed by atoms with Crippen molar-refractivity contribution in [1.29, 1.82) is 0 Å². The average molecular weight is 370 g/mol. The normalized spacial score (nSPS) is 14.0. The van der Waals surface area contributed by atoms with Crippen LogP contribution >= 0.6 is 11.8 Å². The third-order valence-corrected chi connectivity index (χ3v) is 5.38. The fourth-order valence-electron chi connectivity index (χ4n) is 2.94. The van der Waals surface area contributed by atoms with E-state index in [4.69, 9.17) is 5.11 Å². The van der Waals surface area contributed by atoms with E-state index in [1.807, 2.05) is 35.2 Å². The van der Waals surface area contributed by atoms with Crippen LogP contribution in [-0.2, 0) is 11.2 Å². The Morgan fingerprint density at radius 3 is 2.73 bits per heavy atom. The molecule has 1 atom stereocenters. The highest BCUT2D eigenvalue weighted by Crippen LogP contribution is 2.29. The van der Waals surface area contributed by atoms with Crippen LogP contribution in [0.15, 0.2) is 53.4 Å². The molecule has 2 amide bonds. The number of thioether (sulfide) groups is 1. The molecule has 0 radical (unpaired) electrons. The maximum atomic E-state index is 12.7. The molecule has 1 heterocycles. The number of hydrogen-bond acceptors (Lipinski definition) is 4. The predicted molar refractivity (Wildman–Crippen MR) is 104 cm³/mol. The van der Waals surface area contributed by atoms with Crippen molar-refractivity contribution in [3.8, 4) is 0 Å². The lowest BCUT2D eigenvalue weighted by atomic mass is 10.2. The van der Waals surface area contributed by atoms with Crippen LogP contribution in [0, 0.1) is 0 Å². The van der Waals surface area contributed by atoms with E-state index in [-0.39, 0.29) is 30.2 Å². The van der Waals surface area contributed by atoms with Crippen molar-refractivity contribution in [2.24, 2.45) is 0 Å². The molecule has 26 heavy (non-hydrogen) atoms. The molecular formula is C20H22N2O3S. The number of amides is 2. The van der Waals surface area contributed by atoms with Crippen LogP contribution in [0.4, 0.5) is 5.69 Å². The summed E-state index contributed by atoms with van der Waals surface area (Å²) in [6.45, 7) is 2.32. The summed E-state index contributed by atoms with van der Waals surface area (Å²) in [4.78, 5) is 27.6.